The molecule has 1 aromatic rings. The minimum atomic E-state index is 0.139. The van der Waals surface area contributed by atoms with Gasteiger partial charge in [-0.2, -0.15) is 0 Å². The second-order valence-corrected chi connectivity index (χ2v) is 5.42. The molecule has 0 spiro atoms. The van der Waals surface area contributed by atoms with Gasteiger partial charge in [0.1, 0.15) is 0 Å². The minimum absolute atomic E-state index is 0.139. The third-order valence-electron chi connectivity index (χ3n) is 3.74. The van der Waals surface area contributed by atoms with Crippen LogP contribution >= 0.6 is 0 Å². The average molecular weight is 262 g/mol. The predicted molar refractivity (Wildman–Crippen MR) is 74.7 cm³/mol. The molecule has 19 heavy (non-hydrogen) atoms. The number of carbonyl (C=O) groups is 1. The number of amides is 1. The summed E-state index contributed by atoms with van der Waals surface area (Å²) in [4.78, 5) is 15.9. The lowest BCUT2D eigenvalue weighted by molar-refractivity contribution is -0.133. The van der Waals surface area contributed by atoms with Crippen molar-refractivity contribution in [2.45, 2.75) is 13.5 Å². The Morgan fingerprint density at radius 1 is 1.42 bits per heavy atom. The predicted octanol–water partition coefficient (Wildman–Crippen LogP) is 0.878. The molecule has 4 nitrogen and oxygen atoms in total. The number of aliphatic hydroxyl groups is 1. The van der Waals surface area contributed by atoms with E-state index in [-0.39, 0.29) is 12.5 Å². The van der Waals surface area contributed by atoms with Crippen LogP contribution in [0.15, 0.2) is 24.3 Å². The summed E-state index contributed by atoms with van der Waals surface area (Å²) in [7, 11) is 1.85. The highest BCUT2D eigenvalue weighted by Gasteiger charge is 2.28. The molecule has 0 saturated carbocycles. The van der Waals surface area contributed by atoms with Gasteiger partial charge in [-0.3, -0.25) is 9.69 Å². The monoisotopic (exact) mass is 262 g/mol. The molecule has 104 valence electrons. The molecule has 4 heteroatoms. The van der Waals surface area contributed by atoms with E-state index in [1.54, 1.807) is 4.90 Å². The Morgan fingerprint density at radius 3 is 2.74 bits per heavy atom. The Balaban J connectivity index is 1.81. The van der Waals surface area contributed by atoms with Gasteiger partial charge in [0.05, 0.1) is 6.54 Å². The zero-order valence-corrected chi connectivity index (χ0v) is 11.7. The van der Waals surface area contributed by atoms with E-state index < -0.39 is 0 Å². The van der Waals surface area contributed by atoms with Crippen LogP contribution in [0.4, 0.5) is 0 Å². The van der Waals surface area contributed by atoms with E-state index in [0.29, 0.717) is 19.0 Å². The van der Waals surface area contributed by atoms with Crippen molar-refractivity contribution < 1.29 is 9.90 Å². The molecule has 0 bridgehead atoms. The van der Waals surface area contributed by atoms with Crippen molar-refractivity contribution in [1.29, 1.82) is 0 Å². The number of likely N-dealkylation sites (tertiary alicyclic amines) is 1. The van der Waals surface area contributed by atoms with E-state index in [4.69, 9.17) is 5.11 Å². The summed E-state index contributed by atoms with van der Waals surface area (Å²) >= 11 is 0. The summed E-state index contributed by atoms with van der Waals surface area (Å²) in [6, 6.07) is 8.14. The summed E-state index contributed by atoms with van der Waals surface area (Å²) in [5.41, 5.74) is 2.40. The molecule has 0 unspecified atom stereocenters. The quantitative estimate of drug-likeness (QED) is 0.856. The van der Waals surface area contributed by atoms with Crippen LogP contribution in [-0.2, 0) is 11.3 Å². The van der Waals surface area contributed by atoms with Crippen molar-refractivity contribution in [2.75, 3.05) is 33.3 Å². The topological polar surface area (TPSA) is 43.8 Å². The van der Waals surface area contributed by atoms with Crippen LogP contribution in [0.1, 0.15) is 11.1 Å². The van der Waals surface area contributed by atoms with Crippen LogP contribution < -0.4 is 0 Å². The molecule has 2 rings (SSSR count). The second kappa shape index (κ2) is 6.17. The highest BCUT2D eigenvalue weighted by Crippen LogP contribution is 2.15. The van der Waals surface area contributed by atoms with Crippen LogP contribution in [0.5, 0.6) is 0 Å². The van der Waals surface area contributed by atoms with Crippen molar-refractivity contribution in [3.63, 3.8) is 0 Å². The van der Waals surface area contributed by atoms with E-state index in [1.165, 1.54) is 11.1 Å². The smallest absolute Gasteiger partial charge is 0.236 e. The number of aryl methyl sites for hydroxylation is 1. The van der Waals surface area contributed by atoms with Crippen molar-refractivity contribution >= 4 is 5.91 Å². The van der Waals surface area contributed by atoms with Crippen LogP contribution in [0.2, 0.25) is 0 Å². The molecular formula is C15H22N2O2. The number of benzene rings is 1. The number of hydrogen-bond donors (Lipinski definition) is 1. The summed E-state index contributed by atoms with van der Waals surface area (Å²) < 4.78 is 0. The molecule has 1 aliphatic rings. The summed E-state index contributed by atoms with van der Waals surface area (Å²) in [5, 5.41) is 8.95. The van der Waals surface area contributed by atoms with E-state index in [9.17, 15) is 4.79 Å². The van der Waals surface area contributed by atoms with Gasteiger partial charge >= 0.3 is 0 Å². The highest BCUT2D eigenvalue weighted by atomic mass is 16.3. The van der Waals surface area contributed by atoms with Gasteiger partial charge in [0.25, 0.3) is 0 Å². The van der Waals surface area contributed by atoms with Crippen LogP contribution in [-0.4, -0.2) is 54.1 Å². The van der Waals surface area contributed by atoms with Crippen LogP contribution in [0.25, 0.3) is 0 Å². The standard InChI is InChI=1S/C15H22N2O2/c1-12-5-3-4-6-14(12)9-16(2)15(19)10-17-7-13(8-17)11-18/h3-6,13,18H,7-11H2,1-2H3. The Bertz CT molecular complexity index is 442. The van der Waals surface area contributed by atoms with Crippen LogP contribution in [0.3, 0.4) is 0 Å². The number of aliphatic hydroxyl groups excluding tert-OH is 1. The molecule has 0 aromatic heterocycles. The van der Waals surface area contributed by atoms with Crippen molar-refractivity contribution in [2.24, 2.45) is 5.92 Å². The Hall–Kier alpha value is -1.39. The maximum atomic E-state index is 12.1. The molecule has 1 aliphatic heterocycles. The fraction of sp³-hybridized carbons (Fsp3) is 0.533. The van der Waals surface area contributed by atoms with E-state index >= 15 is 0 Å². The highest BCUT2D eigenvalue weighted by molar-refractivity contribution is 5.78. The normalized spacial score (nSPS) is 16.2. The molecule has 1 amide bonds. The summed E-state index contributed by atoms with van der Waals surface area (Å²) in [6.07, 6.45) is 0. The molecule has 1 heterocycles. The molecule has 0 aliphatic carbocycles. The molecule has 1 N–H and O–H groups in total. The molecule has 0 radical (unpaired) electrons. The van der Waals surface area contributed by atoms with Gasteiger partial charge in [0.15, 0.2) is 0 Å². The number of carbonyl (C=O) groups excluding carboxylic acids is 1. The maximum Gasteiger partial charge on any atom is 0.236 e. The number of hydrogen-bond acceptors (Lipinski definition) is 3. The zero-order chi connectivity index (χ0) is 13.8. The van der Waals surface area contributed by atoms with E-state index in [1.807, 2.05) is 19.2 Å². The first-order chi connectivity index (χ1) is 9.10. The Labute approximate surface area is 114 Å². The van der Waals surface area contributed by atoms with Crippen molar-refractivity contribution in [3.05, 3.63) is 35.4 Å². The Morgan fingerprint density at radius 2 is 2.11 bits per heavy atom. The molecular weight excluding hydrogens is 240 g/mol. The van der Waals surface area contributed by atoms with Gasteiger partial charge in [0.2, 0.25) is 5.91 Å². The number of likely N-dealkylation sites (N-methyl/N-ethyl adjacent to an activating group) is 1. The van der Waals surface area contributed by atoms with Gasteiger partial charge < -0.3 is 10.0 Å². The third-order valence-corrected chi connectivity index (χ3v) is 3.74. The third kappa shape index (κ3) is 3.55. The van der Waals surface area contributed by atoms with E-state index in [0.717, 1.165) is 13.1 Å². The fourth-order valence-electron chi connectivity index (χ4n) is 2.36. The van der Waals surface area contributed by atoms with Gasteiger partial charge in [-0.1, -0.05) is 24.3 Å². The first-order valence-electron chi connectivity index (χ1n) is 6.72. The van der Waals surface area contributed by atoms with Crippen molar-refractivity contribution in [3.8, 4) is 0 Å². The maximum absolute atomic E-state index is 12.1. The van der Waals surface area contributed by atoms with Crippen LogP contribution in [0, 0.1) is 12.8 Å². The lowest BCUT2D eigenvalue weighted by Gasteiger charge is -2.38. The number of nitrogens with zero attached hydrogens (tertiary/aromatic N) is 2. The van der Waals surface area contributed by atoms with Gasteiger partial charge in [-0.15, -0.1) is 0 Å². The zero-order valence-electron chi connectivity index (χ0n) is 11.7. The summed E-state index contributed by atoms with van der Waals surface area (Å²) in [6.45, 7) is 5.07. The average Bonchev–Trinajstić information content (AvgIpc) is 2.35. The largest absolute Gasteiger partial charge is 0.396 e. The lowest BCUT2D eigenvalue weighted by Crippen LogP contribution is -2.52. The SMILES string of the molecule is Cc1ccccc1CN(C)C(=O)CN1CC(CO)C1. The first kappa shape index (κ1) is 14.0. The molecule has 1 saturated heterocycles. The van der Waals surface area contributed by atoms with E-state index in [2.05, 4.69) is 24.0 Å². The fourth-order valence-corrected chi connectivity index (χ4v) is 2.36. The molecule has 1 fully saturated rings. The molecule has 0 atom stereocenters. The van der Waals surface area contributed by atoms with Gasteiger partial charge in [-0.05, 0) is 18.1 Å². The second-order valence-electron chi connectivity index (χ2n) is 5.42. The van der Waals surface area contributed by atoms with Gasteiger partial charge in [-0.25, -0.2) is 0 Å². The Kier molecular flexibility index (Phi) is 4.56. The van der Waals surface area contributed by atoms with Gasteiger partial charge in [0, 0.05) is 39.2 Å². The summed E-state index contributed by atoms with van der Waals surface area (Å²) in [5.74, 6) is 0.495. The van der Waals surface area contributed by atoms with Crippen molar-refractivity contribution in [1.82, 2.24) is 9.80 Å². The lowest BCUT2D eigenvalue weighted by atomic mass is 10.0. The first-order valence-corrected chi connectivity index (χ1v) is 6.72. The molecule has 1 aromatic carbocycles. The minimum Gasteiger partial charge on any atom is -0.396 e. The number of rotatable bonds is 5.